The summed E-state index contributed by atoms with van der Waals surface area (Å²) in [5.41, 5.74) is 1.93. The summed E-state index contributed by atoms with van der Waals surface area (Å²) in [5, 5.41) is 21.2. The van der Waals surface area contributed by atoms with E-state index in [-0.39, 0.29) is 6.04 Å². The first-order valence-corrected chi connectivity index (χ1v) is 9.85. The van der Waals surface area contributed by atoms with E-state index in [4.69, 9.17) is 9.72 Å². The molecule has 0 spiro atoms. The number of hydrogen-bond donors (Lipinski definition) is 3. The van der Waals surface area contributed by atoms with E-state index in [9.17, 15) is 5.11 Å². The van der Waals surface area contributed by atoms with E-state index in [0.717, 1.165) is 35.7 Å². The van der Waals surface area contributed by atoms with E-state index in [0.29, 0.717) is 19.0 Å². The van der Waals surface area contributed by atoms with Crippen molar-refractivity contribution in [3.63, 3.8) is 0 Å². The summed E-state index contributed by atoms with van der Waals surface area (Å²) < 4.78 is 5.58. The van der Waals surface area contributed by atoms with Gasteiger partial charge in [0.15, 0.2) is 0 Å². The fourth-order valence-electron chi connectivity index (χ4n) is 3.31. The zero-order valence-electron chi connectivity index (χ0n) is 17.4. The Balaban J connectivity index is 2.18. The van der Waals surface area contributed by atoms with Crippen LogP contribution in [0, 0.1) is 0 Å². The van der Waals surface area contributed by atoms with Crippen molar-refractivity contribution in [2.24, 2.45) is 0 Å². The molecule has 3 rings (SSSR count). The summed E-state index contributed by atoms with van der Waals surface area (Å²) in [6, 6.07) is 4.08. The van der Waals surface area contributed by atoms with Crippen LogP contribution in [0.2, 0.25) is 0 Å². The van der Waals surface area contributed by atoms with Crippen LogP contribution in [0.5, 0.6) is 0 Å². The molecule has 2 aromatic heterocycles. The Kier molecular flexibility index (Phi) is 6.05. The van der Waals surface area contributed by atoms with E-state index in [2.05, 4.69) is 47.3 Å². The molecular weight excluding hydrogens is 354 g/mol. The number of pyridine rings is 1. The molecule has 1 aliphatic rings. The maximum atomic E-state index is 10.9. The van der Waals surface area contributed by atoms with Crippen molar-refractivity contribution in [2.45, 2.75) is 52.7 Å². The van der Waals surface area contributed by atoms with Gasteiger partial charge in [0.05, 0.1) is 31.1 Å². The van der Waals surface area contributed by atoms with Gasteiger partial charge in [0.1, 0.15) is 17.5 Å². The van der Waals surface area contributed by atoms with Crippen LogP contribution >= 0.6 is 0 Å². The molecule has 0 aliphatic carbocycles. The summed E-state index contributed by atoms with van der Waals surface area (Å²) in [6.07, 6.45) is 4.72. The molecule has 7 heteroatoms. The third kappa shape index (κ3) is 4.54. The second-order valence-electron chi connectivity index (χ2n) is 7.91. The van der Waals surface area contributed by atoms with Crippen LogP contribution in [0.25, 0.3) is 6.08 Å². The lowest BCUT2D eigenvalue weighted by Crippen LogP contribution is -2.44. The smallest absolute Gasteiger partial charge is 0.141 e. The quantitative estimate of drug-likeness (QED) is 0.701. The van der Waals surface area contributed by atoms with Crippen molar-refractivity contribution < 1.29 is 9.84 Å². The van der Waals surface area contributed by atoms with Crippen molar-refractivity contribution in [2.75, 3.05) is 30.0 Å². The number of aromatic amines is 1. The molecule has 7 nitrogen and oxygen atoms in total. The molecule has 1 saturated heterocycles. The third-order valence-electron chi connectivity index (χ3n) is 5.07. The van der Waals surface area contributed by atoms with Gasteiger partial charge in [-0.2, -0.15) is 5.10 Å². The van der Waals surface area contributed by atoms with Crippen molar-refractivity contribution >= 4 is 23.5 Å². The Morgan fingerprint density at radius 3 is 2.89 bits per heavy atom. The van der Waals surface area contributed by atoms with E-state index < -0.39 is 5.60 Å². The predicted molar refractivity (Wildman–Crippen MR) is 113 cm³/mol. The van der Waals surface area contributed by atoms with E-state index in [1.807, 2.05) is 26.0 Å². The van der Waals surface area contributed by atoms with Crippen LogP contribution in [0.4, 0.5) is 17.5 Å². The average molecular weight is 386 g/mol. The van der Waals surface area contributed by atoms with Crippen LogP contribution in [-0.2, 0) is 10.3 Å². The first-order chi connectivity index (χ1) is 13.3. The molecular formula is C21H31N5O2. The molecule has 3 N–H and O–H groups in total. The number of nitrogens with zero attached hydrogens (tertiary/aromatic N) is 3. The van der Waals surface area contributed by atoms with Crippen LogP contribution in [0.1, 0.15) is 52.2 Å². The molecule has 0 amide bonds. The molecule has 2 aromatic rings. The van der Waals surface area contributed by atoms with Gasteiger partial charge in [0.25, 0.3) is 0 Å². The first-order valence-electron chi connectivity index (χ1n) is 9.85. The lowest BCUT2D eigenvalue weighted by atomic mass is 9.92. The van der Waals surface area contributed by atoms with Gasteiger partial charge in [-0.1, -0.05) is 18.6 Å². The highest BCUT2D eigenvalue weighted by atomic mass is 16.5. The van der Waals surface area contributed by atoms with Crippen LogP contribution in [0.3, 0.4) is 0 Å². The van der Waals surface area contributed by atoms with Gasteiger partial charge in [-0.15, -0.1) is 0 Å². The fraction of sp³-hybridized carbons (Fsp3) is 0.524. The van der Waals surface area contributed by atoms with Gasteiger partial charge in [0, 0.05) is 18.2 Å². The molecule has 1 aliphatic heterocycles. The normalized spacial score (nSPS) is 18.4. The van der Waals surface area contributed by atoms with Crippen LogP contribution in [-0.4, -0.2) is 46.1 Å². The second-order valence-corrected chi connectivity index (χ2v) is 7.91. The third-order valence-corrected chi connectivity index (χ3v) is 5.07. The molecule has 0 aromatic carbocycles. The molecule has 3 heterocycles. The fourth-order valence-corrected chi connectivity index (χ4v) is 3.31. The maximum Gasteiger partial charge on any atom is 0.141 e. The number of rotatable bonds is 6. The summed E-state index contributed by atoms with van der Waals surface area (Å²) in [7, 11) is 0. The SMILES string of the molecule is CCC(C)=Cc1c(C(C)(C)O)cc(N2CCOC[C@H]2C)nc1Nc1ccn[nH]1. The van der Waals surface area contributed by atoms with Gasteiger partial charge >= 0.3 is 0 Å². The van der Waals surface area contributed by atoms with Gasteiger partial charge in [-0.3, -0.25) is 5.10 Å². The topological polar surface area (TPSA) is 86.3 Å². The number of H-pyrrole nitrogens is 1. The molecule has 0 radical (unpaired) electrons. The summed E-state index contributed by atoms with van der Waals surface area (Å²) >= 11 is 0. The Hall–Kier alpha value is -2.38. The minimum absolute atomic E-state index is 0.217. The number of aliphatic hydroxyl groups is 1. The number of allylic oxidation sites excluding steroid dienone is 1. The lowest BCUT2D eigenvalue weighted by molar-refractivity contribution is 0.0782. The largest absolute Gasteiger partial charge is 0.386 e. The monoisotopic (exact) mass is 385 g/mol. The molecule has 152 valence electrons. The zero-order chi connectivity index (χ0) is 20.3. The van der Waals surface area contributed by atoms with E-state index >= 15 is 0 Å². The van der Waals surface area contributed by atoms with Crippen LogP contribution < -0.4 is 10.2 Å². The second kappa shape index (κ2) is 8.32. The number of ether oxygens (including phenoxy) is 1. The van der Waals surface area contributed by atoms with E-state index in [1.165, 1.54) is 5.57 Å². The standard InChI is InChI=1S/C21H31N5O2/c1-6-14(2)11-16-17(21(4,5)27)12-19(26-9-10-28-13-15(26)3)24-20(16)23-18-7-8-22-25-18/h7-8,11-12,15,27H,6,9-10,13H2,1-5H3,(H2,22,23,24,25)/t15-/m1/s1. The Labute approximate surface area is 166 Å². The molecule has 0 saturated carbocycles. The number of anilines is 3. The van der Waals surface area contributed by atoms with Gasteiger partial charge in [-0.25, -0.2) is 4.98 Å². The van der Waals surface area contributed by atoms with Gasteiger partial charge in [0.2, 0.25) is 0 Å². The predicted octanol–water partition coefficient (Wildman–Crippen LogP) is 3.81. The number of hydrogen-bond acceptors (Lipinski definition) is 6. The highest BCUT2D eigenvalue weighted by molar-refractivity contribution is 5.74. The lowest BCUT2D eigenvalue weighted by Gasteiger charge is -2.35. The molecule has 1 atom stereocenters. The Morgan fingerprint density at radius 1 is 1.50 bits per heavy atom. The molecule has 28 heavy (non-hydrogen) atoms. The number of nitrogens with one attached hydrogen (secondary N) is 2. The number of aromatic nitrogens is 3. The van der Waals surface area contributed by atoms with Crippen molar-refractivity contribution in [3.05, 3.63) is 35.0 Å². The average Bonchev–Trinajstić information content (AvgIpc) is 3.15. The van der Waals surface area contributed by atoms with Crippen molar-refractivity contribution in [1.82, 2.24) is 15.2 Å². The zero-order valence-corrected chi connectivity index (χ0v) is 17.4. The highest BCUT2D eigenvalue weighted by Crippen LogP contribution is 2.35. The summed E-state index contributed by atoms with van der Waals surface area (Å²) in [6.45, 7) is 12.1. The summed E-state index contributed by atoms with van der Waals surface area (Å²) in [4.78, 5) is 7.17. The minimum Gasteiger partial charge on any atom is -0.386 e. The maximum absolute atomic E-state index is 10.9. The molecule has 0 bridgehead atoms. The minimum atomic E-state index is -1.02. The number of morpholine rings is 1. The van der Waals surface area contributed by atoms with Gasteiger partial charge < -0.3 is 20.1 Å². The Bertz CT molecular complexity index is 824. The first kappa shape index (κ1) is 20.4. The van der Waals surface area contributed by atoms with E-state index in [1.54, 1.807) is 6.20 Å². The van der Waals surface area contributed by atoms with Crippen molar-refractivity contribution in [3.8, 4) is 0 Å². The van der Waals surface area contributed by atoms with Gasteiger partial charge in [-0.05, 0) is 45.7 Å². The van der Waals surface area contributed by atoms with Crippen LogP contribution in [0.15, 0.2) is 23.9 Å². The molecule has 0 unspecified atom stereocenters. The Morgan fingerprint density at radius 2 is 2.29 bits per heavy atom. The van der Waals surface area contributed by atoms with Crippen molar-refractivity contribution in [1.29, 1.82) is 0 Å². The molecule has 1 fully saturated rings. The highest BCUT2D eigenvalue weighted by Gasteiger charge is 2.27. The summed E-state index contributed by atoms with van der Waals surface area (Å²) in [5.74, 6) is 2.29.